The third-order valence-corrected chi connectivity index (χ3v) is 0.290. The smallest absolute Gasteiger partial charge is 0.274 e. The van der Waals surface area contributed by atoms with Crippen LogP contribution >= 0.6 is 12.6 Å². The minimum atomic E-state index is -0.495. The maximum atomic E-state index is 9.64. The Morgan fingerprint density at radius 1 is 2.00 bits per heavy atom. The van der Waals surface area contributed by atoms with Crippen LogP contribution in [0.5, 0.6) is 0 Å². The van der Waals surface area contributed by atoms with Gasteiger partial charge in [-0.15, -0.1) is 0 Å². The molecule has 4 heteroatoms. The van der Waals surface area contributed by atoms with Crippen LogP contribution in [-0.2, 0) is 4.79 Å². The highest BCUT2D eigenvalue weighted by atomic mass is 32.1. The number of carbonyl (C=O) groups is 1. The number of carbonyl (C=O) groups excluding carboxylic acids is 1. The zero-order valence-electron chi connectivity index (χ0n) is 2.88. The van der Waals surface area contributed by atoms with Gasteiger partial charge in [-0.2, -0.15) is 0 Å². The quantitative estimate of drug-likeness (QED) is 0.204. The average Bonchev–Trinajstić information content (AvgIpc) is 1.35. The molecule has 0 amide bonds. The van der Waals surface area contributed by atoms with Crippen molar-refractivity contribution in [1.82, 2.24) is 0 Å². The summed E-state index contributed by atoms with van der Waals surface area (Å²) in [5, 5.41) is -0.495. The Morgan fingerprint density at radius 3 is 2.50 bits per heavy atom. The summed E-state index contributed by atoms with van der Waals surface area (Å²) in [6.45, 7) is 0. The fourth-order valence-electron chi connectivity index (χ4n) is 0.0552. The lowest BCUT2D eigenvalue weighted by Gasteiger charge is -1.50. The first-order valence-corrected chi connectivity index (χ1v) is 1.65. The second kappa shape index (κ2) is 2.63. The van der Waals surface area contributed by atoms with Gasteiger partial charge < -0.3 is 0 Å². The van der Waals surface area contributed by atoms with Crippen LogP contribution in [-0.4, -0.2) is 16.1 Å². The minimum absolute atomic E-state index is 0.495. The van der Waals surface area contributed by atoms with E-state index >= 15 is 0 Å². The van der Waals surface area contributed by atoms with E-state index in [0.717, 1.165) is 6.21 Å². The lowest BCUT2D eigenvalue weighted by molar-refractivity contribution is -0.126. The standard InChI is InChI=1S/C2H2N2OS/c3-4-1-2(5)6/h1,3H/p+1. The van der Waals surface area contributed by atoms with Gasteiger partial charge in [0.05, 0.1) is 10.3 Å². The Bertz CT molecular complexity index is 104. The molecule has 1 N–H and O–H groups in total. The Kier molecular flexibility index (Phi) is 2.36. The van der Waals surface area contributed by atoms with Crippen molar-refractivity contribution in [3.63, 3.8) is 0 Å². The highest BCUT2D eigenvalue weighted by Gasteiger charge is 1.88. The molecule has 0 aromatic carbocycles. The van der Waals surface area contributed by atoms with E-state index in [1.165, 1.54) is 0 Å². The van der Waals surface area contributed by atoms with Crippen LogP contribution in [0.2, 0.25) is 0 Å². The molecule has 0 aliphatic carbocycles. The summed E-state index contributed by atoms with van der Waals surface area (Å²) < 4.78 is 0. The van der Waals surface area contributed by atoms with Crippen molar-refractivity contribution in [1.29, 1.82) is 5.53 Å². The third kappa shape index (κ3) is 3.40. The summed E-state index contributed by atoms with van der Waals surface area (Å²) in [5.74, 6) is 0. The maximum absolute atomic E-state index is 9.64. The summed E-state index contributed by atoms with van der Waals surface area (Å²) in [4.78, 5) is 12.3. The third-order valence-electron chi connectivity index (χ3n) is 0.175. The van der Waals surface area contributed by atoms with E-state index < -0.39 is 5.12 Å². The van der Waals surface area contributed by atoms with E-state index in [1.807, 2.05) is 0 Å². The molecule has 0 bridgehead atoms. The van der Waals surface area contributed by atoms with Crippen LogP contribution in [0.15, 0.2) is 0 Å². The fraction of sp³-hybridized carbons (Fsp3) is 0. The number of rotatable bonds is 1. The first-order valence-electron chi connectivity index (χ1n) is 1.20. The van der Waals surface area contributed by atoms with Crippen molar-refractivity contribution in [3.8, 4) is 0 Å². The topological polar surface area (TPSA) is 55.0 Å². The molecule has 0 rings (SSSR count). The fourth-order valence-corrected chi connectivity index (χ4v) is 0.113. The normalized spacial score (nSPS) is 6.17. The Balaban J connectivity index is 3.60. The zero-order chi connectivity index (χ0) is 4.99. The van der Waals surface area contributed by atoms with Crippen LogP contribution < -0.4 is 0 Å². The van der Waals surface area contributed by atoms with Crippen molar-refractivity contribution in [2.75, 3.05) is 0 Å². The average molecular weight is 103 g/mol. The van der Waals surface area contributed by atoms with Crippen LogP contribution in [0, 0.1) is 5.53 Å². The molecule has 0 fully saturated rings. The predicted octanol–water partition coefficient (Wildman–Crippen LogP) is -0.247. The van der Waals surface area contributed by atoms with Gasteiger partial charge in [0.2, 0.25) is 0 Å². The summed E-state index contributed by atoms with van der Waals surface area (Å²) >= 11 is 3.27. The molecular weight excluding hydrogens is 100 g/mol. The molecule has 0 atom stereocenters. The van der Waals surface area contributed by atoms with Gasteiger partial charge in [-0.25, -0.2) is 0 Å². The van der Waals surface area contributed by atoms with E-state index in [-0.39, 0.29) is 0 Å². The molecule has 6 heavy (non-hydrogen) atoms. The number of nitrogens with one attached hydrogen (secondary N) is 1. The summed E-state index contributed by atoms with van der Waals surface area (Å²) in [6, 6.07) is 0. The van der Waals surface area contributed by atoms with E-state index in [4.69, 9.17) is 5.53 Å². The van der Waals surface area contributed by atoms with Crippen LogP contribution in [0.1, 0.15) is 0 Å². The molecule has 0 radical (unpaired) electrons. The predicted molar refractivity (Wildman–Crippen MR) is 23.0 cm³/mol. The zero-order valence-corrected chi connectivity index (χ0v) is 3.77. The van der Waals surface area contributed by atoms with E-state index in [2.05, 4.69) is 17.4 Å². The molecule has 0 unspecified atom stereocenters. The van der Waals surface area contributed by atoms with E-state index in [9.17, 15) is 4.79 Å². The first kappa shape index (κ1) is 5.40. The SMILES string of the molecule is N=[N+]=CC(=O)S. The van der Waals surface area contributed by atoms with Crippen LogP contribution in [0.25, 0.3) is 0 Å². The highest BCUT2D eigenvalue weighted by Crippen LogP contribution is 1.64. The highest BCUT2D eigenvalue weighted by molar-refractivity contribution is 7.98. The van der Waals surface area contributed by atoms with Crippen molar-refractivity contribution >= 4 is 24.0 Å². The summed E-state index contributed by atoms with van der Waals surface area (Å²) in [6.07, 6.45) is 0.809. The van der Waals surface area contributed by atoms with Gasteiger partial charge in [-0.05, 0) is 0 Å². The van der Waals surface area contributed by atoms with Gasteiger partial charge >= 0.3 is 6.21 Å². The largest absolute Gasteiger partial charge is 0.383 e. The van der Waals surface area contributed by atoms with Crippen molar-refractivity contribution in [3.05, 3.63) is 0 Å². The lowest BCUT2D eigenvalue weighted by atomic mass is 10.9. The molecular formula is C2H3N2OS+. The molecule has 3 nitrogen and oxygen atoms in total. The van der Waals surface area contributed by atoms with Crippen LogP contribution in [0.4, 0.5) is 0 Å². The van der Waals surface area contributed by atoms with Crippen molar-refractivity contribution in [2.24, 2.45) is 0 Å². The number of thiol groups is 1. The summed E-state index contributed by atoms with van der Waals surface area (Å²) in [7, 11) is 0. The first-order chi connectivity index (χ1) is 2.77. The molecule has 0 aromatic rings. The van der Waals surface area contributed by atoms with Crippen LogP contribution in [0.3, 0.4) is 0 Å². The molecule has 0 aromatic heterocycles. The van der Waals surface area contributed by atoms with Gasteiger partial charge in [0.25, 0.3) is 5.12 Å². The molecule has 0 spiro atoms. The molecule has 0 heterocycles. The monoisotopic (exact) mass is 103 g/mol. The molecule has 32 valence electrons. The van der Waals surface area contributed by atoms with Gasteiger partial charge in [0.1, 0.15) is 0 Å². The Labute approximate surface area is 40.0 Å². The summed E-state index contributed by atoms with van der Waals surface area (Å²) in [5.41, 5.74) is 6.03. The molecule has 0 saturated heterocycles. The van der Waals surface area contributed by atoms with Crippen molar-refractivity contribution in [2.45, 2.75) is 0 Å². The van der Waals surface area contributed by atoms with Gasteiger partial charge in [0, 0.05) is 0 Å². The molecule has 0 aliphatic rings. The lowest BCUT2D eigenvalue weighted by Crippen LogP contribution is -1.84. The molecule has 0 saturated carbocycles. The van der Waals surface area contributed by atoms with Gasteiger partial charge in [0.15, 0.2) is 0 Å². The Morgan fingerprint density at radius 2 is 2.50 bits per heavy atom. The molecule has 0 aliphatic heterocycles. The number of nitrogens with zero attached hydrogens (tertiary/aromatic N) is 1. The number of hydrogen-bond donors (Lipinski definition) is 2. The van der Waals surface area contributed by atoms with Gasteiger partial charge in [-0.1, -0.05) is 12.6 Å². The van der Waals surface area contributed by atoms with E-state index in [1.54, 1.807) is 0 Å². The second-order valence-electron chi connectivity index (χ2n) is 0.596. The van der Waals surface area contributed by atoms with Crippen molar-refractivity contribution < 1.29 is 9.58 Å². The van der Waals surface area contributed by atoms with E-state index in [0.29, 0.717) is 0 Å². The number of hydrogen-bond acceptors (Lipinski definition) is 2. The Hall–Kier alpha value is -0.600. The maximum Gasteiger partial charge on any atom is 0.383 e. The minimum Gasteiger partial charge on any atom is -0.274 e. The van der Waals surface area contributed by atoms with Gasteiger partial charge in [-0.3, -0.25) is 4.79 Å². The second-order valence-corrected chi connectivity index (χ2v) is 1.04.